The molecule has 0 saturated carbocycles. The van der Waals surface area contributed by atoms with Gasteiger partial charge in [0.1, 0.15) is 0 Å². The van der Waals surface area contributed by atoms with Crippen LogP contribution in [-0.2, 0) is 16.1 Å². The third kappa shape index (κ3) is 7.18. The smallest absolute Gasteiger partial charge is 0.338 e. The minimum absolute atomic E-state index is 0.0642. The van der Waals surface area contributed by atoms with Gasteiger partial charge >= 0.3 is 5.97 Å². The Bertz CT molecular complexity index is 564. The van der Waals surface area contributed by atoms with E-state index in [2.05, 4.69) is 13.8 Å². The van der Waals surface area contributed by atoms with Crippen LogP contribution in [0.25, 0.3) is 0 Å². The fraction of sp³-hybridized carbons (Fsp3) is 0.474. The Morgan fingerprint density at radius 2 is 1.83 bits per heavy atom. The van der Waals surface area contributed by atoms with Crippen LogP contribution in [0.5, 0.6) is 0 Å². The minimum Gasteiger partial charge on any atom is -0.462 e. The van der Waals surface area contributed by atoms with E-state index >= 15 is 0 Å². The molecule has 0 aromatic heterocycles. The highest BCUT2D eigenvalue weighted by molar-refractivity contribution is 6.21. The number of esters is 1. The normalized spacial score (nSPS) is 12.4. The van der Waals surface area contributed by atoms with Crippen molar-refractivity contribution in [1.82, 2.24) is 4.90 Å². The van der Waals surface area contributed by atoms with Crippen LogP contribution in [0, 0.1) is 5.92 Å². The first-order chi connectivity index (χ1) is 11.3. The minimum atomic E-state index is -0.335. The summed E-state index contributed by atoms with van der Waals surface area (Å²) in [6, 6.07) is 7.14. The van der Waals surface area contributed by atoms with Gasteiger partial charge in [-0.05, 0) is 37.5 Å². The lowest BCUT2D eigenvalue weighted by Crippen LogP contribution is -2.32. The van der Waals surface area contributed by atoms with Crippen LogP contribution in [0.3, 0.4) is 0 Å². The number of rotatable bonds is 8. The summed E-state index contributed by atoms with van der Waals surface area (Å²) in [4.78, 5) is 25.8. The fourth-order valence-corrected chi connectivity index (χ4v) is 2.25. The number of carbonyl (C=O) groups excluding carboxylic acids is 2. The van der Waals surface area contributed by atoms with Crippen molar-refractivity contribution >= 4 is 23.5 Å². The summed E-state index contributed by atoms with van der Waals surface area (Å²) in [6.45, 7) is 9.21. The lowest BCUT2D eigenvalue weighted by molar-refractivity contribution is -0.127. The summed E-state index contributed by atoms with van der Waals surface area (Å²) in [5.41, 5.74) is 1.47. The van der Waals surface area contributed by atoms with Gasteiger partial charge in [-0.2, -0.15) is 0 Å². The first-order valence-corrected chi connectivity index (χ1v) is 8.64. The van der Waals surface area contributed by atoms with E-state index < -0.39 is 0 Å². The van der Waals surface area contributed by atoms with Crippen molar-refractivity contribution < 1.29 is 14.3 Å². The molecule has 0 aliphatic rings. The fourth-order valence-electron chi connectivity index (χ4n) is 2.17. The van der Waals surface area contributed by atoms with E-state index in [1.165, 1.54) is 6.08 Å². The molecule has 0 spiro atoms. The predicted molar refractivity (Wildman–Crippen MR) is 97.1 cm³/mol. The SMILES string of the molecule is CCOC(=O)c1ccc(CN(CC(C)C)C(=O)/C=C/C(C)Cl)cc1. The molecule has 4 nitrogen and oxygen atoms in total. The molecule has 0 heterocycles. The molecule has 1 rings (SSSR count). The van der Waals surface area contributed by atoms with Gasteiger partial charge in [0.05, 0.1) is 12.2 Å². The van der Waals surface area contributed by atoms with Crippen LogP contribution >= 0.6 is 11.6 Å². The Morgan fingerprint density at radius 1 is 1.21 bits per heavy atom. The molecule has 0 fully saturated rings. The van der Waals surface area contributed by atoms with Crippen LogP contribution in [0.1, 0.15) is 43.6 Å². The van der Waals surface area contributed by atoms with Crippen molar-refractivity contribution in [2.75, 3.05) is 13.2 Å². The quantitative estimate of drug-likeness (QED) is 0.403. The molecule has 5 heteroatoms. The second kappa shape index (κ2) is 10.1. The van der Waals surface area contributed by atoms with Gasteiger partial charge in [0, 0.05) is 24.5 Å². The number of benzene rings is 1. The second-order valence-corrected chi connectivity index (χ2v) is 6.76. The third-order valence-corrected chi connectivity index (χ3v) is 3.39. The topological polar surface area (TPSA) is 46.6 Å². The summed E-state index contributed by atoms with van der Waals surface area (Å²) in [7, 11) is 0. The standard InChI is InChI=1S/C19H26ClNO3/c1-5-24-19(23)17-9-7-16(8-10-17)13-21(12-14(2)3)18(22)11-6-15(4)20/h6-11,14-15H,5,12-13H2,1-4H3/b11-6+. The van der Waals surface area contributed by atoms with Gasteiger partial charge in [-0.25, -0.2) is 4.79 Å². The van der Waals surface area contributed by atoms with E-state index in [0.29, 0.717) is 31.2 Å². The first-order valence-electron chi connectivity index (χ1n) is 8.20. The molecule has 0 aliphatic carbocycles. The molecule has 24 heavy (non-hydrogen) atoms. The van der Waals surface area contributed by atoms with E-state index in [9.17, 15) is 9.59 Å². The monoisotopic (exact) mass is 351 g/mol. The van der Waals surface area contributed by atoms with Crippen LogP contribution in [0.2, 0.25) is 0 Å². The average Bonchev–Trinajstić information content (AvgIpc) is 2.52. The molecule has 1 unspecified atom stereocenters. The van der Waals surface area contributed by atoms with Crippen LogP contribution in [-0.4, -0.2) is 35.3 Å². The maximum absolute atomic E-state index is 12.4. The number of allylic oxidation sites excluding steroid dienone is 1. The largest absolute Gasteiger partial charge is 0.462 e. The molecule has 0 aliphatic heterocycles. The summed E-state index contributed by atoms with van der Waals surface area (Å²) in [6.07, 6.45) is 3.20. The molecule has 0 saturated heterocycles. The first kappa shape index (κ1) is 20.2. The van der Waals surface area contributed by atoms with Gasteiger partial charge in [-0.3, -0.25) is 4.79 Å². The molecule has 1 atom stereocenters. The second-order valence-electron chi connectivity index (χ2n) is 6.07. The maximum atomic E-state index is 12.4. The molecular formula is C19H26ClNO3. The van der Waals surface area contributed by atoms with Crippen molar-refractivity contribution in [2.24, 2.45) is 5.92 Å². The van der Waals surface area contributed by atoms with Gasteiger partial charge in [0.25, 0.3) is 0 Å². The Labute approximate surface area is 149 Å². The number of amides is 1. The Balaban J connectivity index is 2.82. The van der Waals surface area contributed by atoms with Crippen molar-refractivity contribution in [3.05, 3.63) is 47.5 Å². The van der Waals surface area contributed by atoms with Gasteiger partial charge in [0.2, 0.25) is 5.91 Å². The highest BCUT2D eigenvalue weighted by atomic mass is 35.5. The molecule has 0 N–H and O–H groups in total. The zero-order chi connectivity index (χ0) is 18.1. The number of halogens is 1. The van der Waals surface area contributed by atoms with Gasteiger partial charge in [0.15, 0.2) is 0 Å². The molecule has 0 radical (unpaired) electrons. The number of hydrogen-bond donors (Lipinski definition) is 0. The highest BCUT2D eigenvalue weighted by Gasteiger charge is 2.14. The van der Waals surface area contributed by atoms with Gasteiger partial charge in [-0.1, -0.05) is 32.1 Å². The maximum Gasteiger partial charge on any atom is 0.338 e. The summed E-state index contributed by atoms with van der Waals surface area (Å²) in [5, 5.41) is -0.182. The molecule has 1 aromatic rings. The average molecular weight is 352 g/mol. The van der Waals surface area contributed by atoms with E-state index in [1.807, 2.05) is 19.1 Å². The van der Waals surface area contributed by atoms with Crippen LogP contribution < -0.4 is 0 Å². The van der Waals surface area contributed by atoms with Crippen molar-refractivity contribution in [3.8, 4) is 0 Å². The van der Waals surface area contributed by atoms with Crippen LogP contribution in [0.15, 0.2) is 36.4 Å². The summed E-state index contributed by atoms with van der Waals surface area (Å²) >= 11 is 5.86. The summed E-state index contributed by atoms with van der Waals surface area (Å²) in [5.74, 6) is -0.0431. The molecule has 0 bridgehead atoms. The molecule has 1 aromatic carbocycles. The number of ether oxygens (including phenoxy) is 1. The highest BCUT2D eigenvalue weighted by Crippen LogP contribution is 2.11. The molecule has 132 valence electrons. The van der Waals surface area contributed by atoms with Crippen LogP contribution in [0.4, 0.5) is 0 Å². The lowest BCUT2D eigenvalue weighted by Gasteiger charge is -2.23. The van der Waals surface area contributed by atoms with E-state index in [-0.39, 0.29) is 17.3 Å². The Kier molecular flexibility index (Phi) is 8.55. The third-order valence-electron chi connectivity index (χ3n) is 3.24. The van der Waals surface area contributed by atoms with Crippen molar-refractivity contribution in [1.29, 1.82) is 0 Å². The zero-order valence-electron chi connectivity index (χ0n) is 14.8. The summed E-state index contributed by atoms with van der Waals surface area (Å²) < 4.78 is 4.97. The lowest BCUT2D eigenvalue weighted by atomic mass is 10.1. The number of carbonyl (C=O) groups is 2. The number of alkyl halides is 1. The van der Waals surface area contributed by atoms with E-state index in [0.717, 1.165) is 5.56 Å². The Hall–Kier alpha value is -1.81. The van der Waals surface area contributed by atoms with E-state index in [4.69, 9.17) is 16.3 Å². The van der Waals surface area contributed by atoms with Crippen molar-refractivity contribution in [2.45, 2.75) is 39.6 Å². The number of nitrogens with zero attached hydrogens (tertiary/aromatic N) is 1. The Morgan fingerprint density at radius 3 is 2.33 bits per heavy atom. The zero-order valence-corrected chi connectivity index (χ0v) is 15.5. The van der Waals surface area contributed by atoms with Crippen molar-refractivity contribution in [3.63, 3.8) is 0 Å². The van der Waals surface area contributed by atoms with Gasteiger partial charge < -0.3 is 9.64 Å². The molecular weight excluding hydrogens is 326 g/mol. The van der Waals surface area contributed by atoms with E-state index in [1.54, 1.807) is 30.0 Å². The van der Waals surface area contributed by atoms with Gasteiger partial charge in [-0.15, -0.1) is 11.6 Å². The predicted octanol–water partition coefficient (Wildman–Crippen LogP) is 4.03. The molecule has 1 amide bonds. The number of hydrogen-bond acceptors (Lipinski definition) is 3.